The van der Waals surface area contributed by atoms with Gasteiger partial charge in [-0.05, 0) is 37.0 Å². The molecule has 0 aromatic heterocycles. The maximum Gasteiger partial charge on any atom is 0.282 e. The van der Waals surface area contributed by atoms with Crippen molar-refractivity contribution in [1.29, 1.82) is 0 Å². The number of halogens is 2. The molecule has 0 saturated carbocycles. The van der Waals surface area contributed by atoms with Crippen molar-refractivity contribution in [2.75, 3.05) is 25.1 Å². The van der Waals surface area contributed by atoms with Gasteiger partial charge < -0.3 is 9.64 Å². The molecule has 0 unspecified atom stereocenters. The molecule has 4 rings (SSSR count). The second-order valence-electron chi connectivity index (χ2n) is 7.63. The minimum atomic E-state index is -0.842. The Labute approximate surface area is 173 Å². The third-order valence-electron chi connectivity index (χ3n) is 5.68. The van der Waals surface area contributed by atoms with Crippen LogP contribution in [0.3, 0.4) is 0 Å². The van der Waals surface area contributed by atoms with Crippen LogP contribution in [0.15, 0.2) is 48.2 Å². The minimum Gasteiger partial charge on any atom is -0.496 e. The van der Waals surface area contributed by atoms with Crippen LogP contribution in [0.25, 0.3) is 5.57 Å². The second-order valence-corrected chi connectivity index (χ2v) is 7.63. The molecule has 0 aliphatic carbocycles. The molecular formula is C23H22F2N2O3. The van der Waals surface area contributed by atoms with Gasteiger partial charge >= 0.3 is 0 Å². The van der Waals surface area contributed by atoms with Gasteiger partial charge in [0, 0.05) is 24.7 Å². The lowest BCUT2D eigenvalue weighted by Gasteiger charge is -2.32. The number of nitrogens with zero attached hydrogens (tertiary/aromatic N) is 2. The van der Waals surface area contributed by atoms with Crippen LogP contribution in [0.2, 0.25) is 0 Å². The van der Waals surface area contributed by atoms with Crippen LogP contribution in [0.1, 0.15) is 25.3 Å². The number of methoxy groups -OCH3 is 1. The van der Waals surface area contributed by atoms with Crippen molar-refractivity contribution in [3.63, 3.8) is 0 Å². The van der Waals surface area contributed by atoms with E-state index in [9.17, 15) is 18.4 Å². The summed E-state index contributed by atoms with van der Waals surface area (Å²) in [6.45, 7) is 3.35. The van der Waals surface area contributed by atoms with E-state index in [0.717, 1.165) is 35.9 Å². The first kappa shape index (κ1) is 20.1. The minimum absolute atomic E-state index is 0.149. The second kappa shape index (κ2) is 7.89. The zero-order chi connectivity index (χ0) is 21.4. The first-order valence-corrected chi connectivity index (χ1v) is 9.88. The maximum atomic E-state index is 14.5. The van der Waals surface area contributed by atoms with Gasteiger partial charge in [0.15, 0.2) is 0 Å². The molecule has 2 aromatic carbocycles. The summed E-state index contributed by atoms with van der Waals surface area (Å²) >= 11 is 0. The molecule has 0 bridgehead atoms. The van der Waals surface area contributed by atoms with Gasteiger partial charge in [0.05, 0.1) is 18.4 Å². The van der Waals surface area contributed by atoms with Gasteiger partial charge in [0.2, 0.25) is 0 Å². The highest BCUT2D eigenvalue weighted by Crippen LogP contribution is 2.40. The number of carbonyl (C=O) groups excluding carboxylic acids is 2. The summed E-state index contributed by atoms with van der Waals surface area (Å²) in [5, 5.41) is 0. The van der Waals surface area contributed by atoms with Crippen molar-refractivity contribution in [2.45, 2.75) is 19.8 Å². The van der Waals surface area contributed by atoms with E-state index in [-0.39, 0.29) is 11.3 Å². The van der Waals surface area contributed by atoms with E-state index < -0.39 is 29.1 Å². The van der Waals surface area contributed by atoms with Crippen molar-refractivity contribution in [2.24, 2.45) is 5.92 Å². The summed E-state index contributed by atoms with van der Waals surface area (Å²) in [6.07, 6.45) is 1.75. The number of carbonyl (C=O) groups is 2. The zero-order valence-electron chi connectivity index (χ0n) is 16.8. The first-order chi connectivity index (χ1) is 14.4. The lowest BCUT2D eigenvalue weighted by atomic mass is 9.97. The number of benzene rings is 2. The van der Waals surface area contributed by atoms with Gasteiger partial charge in [-0.2, -0.15) is 0 Å². The molecule has 0 radical (unpaired) electrons. The van der Waals surface area contributed by atoms with Crippen LogP contribution in [-0.2, 0) is 9.59 Å². The molecule has 2 heterocycles. The number of piperidine rings is 1. The van der Waals surface area contributed by atoms with Crippen molar-refractivity contribution in [1.82, 2.24) is 4.90 Å². The van der Waals surface area contributed by atoms with Crippen molar-refractivity contribution >= 4 is 23.1 Å². The number of likely N-dealkylation sites (tertiary alicyclic amines) is 1. The van der Waals surface area contributed by atoms with Crippen LogP contribution in [-0.4, -0.2) is 36.9 Å². The molecule has 0 atom stereocenters. The quantitative estimate of drug-likeness (QED) is 0.713. The summed E-state index contributed by atoms with van der Waals surface area (Å²) in [6, 6.07) is 9.62. The Bertz CT molecular complexity index is 1040. The van der Waals surface area contributed by atoms with Gasteiger partial charge in [0.25, 0.3) is 11.8 Å². The van der Waals surface area contributed by atoms with Gasteiger partial charge in [-0.1, -0.05) is 25.1 Å². The van der Waals surface area contributed by atoms with Gasteiger partial charge in [-0.25, -0.2) is 13.7 Å². The largest absolute Gasteiger partial charge is 0.496 e. The molecule has 0 N–H and O–H groups in total. The molecule has 2 amide bonds. The normalized spacial score (nSPS) is 17.9. The Hall–Kier alpha value is -3.22. The van der Waals surface area contributed by atoms with Crippen LogP contribution >= 0.6 is 0 Å². The van der Waals surface area contributed by atoms with Crippen LogP contribution in [0.4, 0.5) is 14.5 Å². The van der Waals surface area contributed by atoms with E-state index in [0.29, 0.717) is 30.3 Å². The van der Waals surface area contributed by atoms with E-state index in [1.807, 2.05) is 4.90 Å². The fourth-order valence-electron chi connectivity index (χ4n) is 4.01. The van der Waals surface area contributed by atoms with Crippen LogP contribution in [0, 0.1) is 17.6 Å². The Morgan fingerprint density at radius 2 is 1.70 bits per heavy atom. The topological polar surface area (TPSA) is 49.9 Å². The van der Waals surface area contributed by atoms with Crippen LogP contribution < -0.4 is 9.64 Å². The smallest absolute Gasteiger partial charge is 0.282 e. The number of amides is 2. The standard InChI is InChI=1S/C23H22F2N2O3/c1-14-9-11-26(12-10-14)21-20(16-5-3-4-6-19(16)30-2)22(28)27(23(21)29)18-13-15(24)7-8-17(18)25/h3-8,13-14H,9-12H2,1-2H3. The average molecular weight is 412 g/mol. The number of ether oxygens (including phenoxy) is 1. The number of anilines is 1. The number of para-hydroxylation sites is 1. The van der Waals surface area contributed by atoms with Crippen LogP contribution in [0.5, 0.6) is 5.75 Å². The van der Waals surface area contributed by atoms with E-state index in [1.54, 1.807) is 24.3 Å². The third-order valence-corrected chi connectivity index (χ3v) is 5.68. The summed E-state index contributed by atoms with van der Waals surface area (Å²) in [5.74, 6) is -1.97. The highest BCUT2D eigenvalue weighted by molar-refractivity contribution is 6.45. The predicted octanol–water partition coefficient (Wildman–Crippen LogP) is 3.99. The molecular weight excluding hydrogens is 390 g/mol. The number of hydrogen-bond acceptors (Lipinski definition) is 4. The molecule has 0 spiro atoms. The molecule has 30 heavy (non-hydrogen) atoms. The highest BCUT2D eigenvalue weighted by atomic mass is 19.1. The lowest BCUT2D eigenvalue weighted by Crippen LogP contribution is -2.38. The lowest BCUT2D eigenvalue weighted by molar-refractivity contribution is -0.120. The van der Waals surface area contributed by atoms with E-state index >= 15 is 0 Å². The number of rotatable bonds is 4. The van der Waals surface area contributed by atoms with E-state index in [4.69, 9.17) is 4.74 Å². The Kier molecular flexibility index (Phi) is 5.28. The van der Waals surface area contributed by atoms with Gasteiger partial charge in [-0.3, -0.25) is 9.59 Å². The monoisotopic (exact) mass is 412 g/mol. The molecule has 7 heteroatoms. The number of imide groups is 1. The summed E-state index contributed by atoms with van der Waals surface area (Å²) < 4.78 is 33.7. The molecule has 2 aromatic rings. The van der Waals surface area contributed by atoms with E-state index in [1.165, 1.54) is 7.11 Å². The Balaban J connectivity index is 1.88. The van der Waals surface area contributed by atoms with E-state index in [2.05, 4.69) is 6.92 Å². The summed E-state index contributed by atoms with van der Waals surface area (Å²) in [7, 11) is 1.48. The molecule has 5 nitrogen and oxygen atoms in total. The predicted molar refractivity (Wildman–Crippen MR) is 109 cm³/mol. The molecule has 1 fully saturated rings. The van der Waals surface area contributed by atoms with Crippen molar-refractivity contribution in [3.05, 3.63) is 65.4 Å². The fraction of sp³-hybridized carbons (Fsp3) is 0.304. The molecule has 1 saturated heterocycles. The SMILES string of the molecule is COc1ccccc1C1=C(N2CCC(C)CC2)C(=O)N(c2cc(F)ccc2F)C1=O. The molecule has 2 aliphatic rings. The maximum absolute atomic E-state index is 14.5. The van der Waals surface area contributed by atoms with Gasteiger partial charge in [-0.15, -0.1) is 0 Å². The Morgan fingerprint density at radius 3 is 2.40 bits per heavy atom. The fourth-order valence-corrected chi connectivity index (χ4v) is 4.01. The number of hydrogen-bond donors (Lipinski definition) is 0. The van der Waals surface area contributed by atoms with Crippen molar-refractivity contribution < 1.29 is 23.1 Å². The first-order valence-electron chi connectivity index (χ1n) is 9.88. The zero-order valence-corrected chi connectivity index (χ0v) is 16.8. The average Bonchev–Trinajstić information content (AvgIpc) is 3.00. The van der Waals surface area contributed by atoms with Crippen molar-refractivity contribution in [3.8, 4) is 5.75 Å². The molecule has 156 valence electrons. The summed E-state index contributed by atoms with van der Waals surface area (Å²) in [4.78, 5) is 29.5. The third kappa shape index (κ3) is 3.34. The van der Waals surface area contributed by atoms with Gasteiger partial charge in [0.1, 0.15) is 23.1 Å². The molecule has 2 aliphatic heterocycles. The summed E-state index contributed by atoms with van der Waals surface area (Å²) in [5.41, 5.74) is 0.416. The highest BCUT2D eigenvalue weighted by Gasteiger charge is 2.44. The Morgan fingerprint density at radius 1 is 1.00 bits per heavy atom.